The number of rotatable bonds is 2. The molecule has 0 spiro atoms. The van der Waals surface area contributed by atoms with Gasteiger partial charge in [0.15, 0.2) is 0 Å². The minimum atomic E-state index is 0.259. The molecule has 0 heterocycles. The summed E-state index contributed by atoms with van der Waals surface area (Å²) < 4.78 is 0.996. The zero-order chi connectivity index (χ0) is 6.57. The molecule has 0 nitrogen and oxygen atoms in total. The Kier molecular flexibility index (Phi) is 5.11. The van der Waals surface area contributed by atoms with Crippen molar-refractivity contribution in [2.45, 2.75) is 19.1 Å². The quantitative estimate of drug-likeness (QED) is 0.494. The van der Waals surface area contributed by atoms with Crippen LogP contribution in [0.5, 0.6) is 0 Å². The van der Waals surface area contributed by atoms with Gasteiger partial charge in [-0.15, -0.1) is 11.8 Å². The third-order valence-corrected chi connectivity index (χ3v) is 2.87. The summed E-state index contributed by atoms with van der Waals surface area (Å²) in [5, 5.41) is 0.259. The summed E-state index contributed by atoms with van der Waals surface area (Å²) in [6.07, 6.45) is 0. The molecular weight excluding hydrogens is 156 g/mol. The molecule has 0 amide bonds. The van der Waals surface area contributed by atoms with Gasteiger partial charge in [0, 0.05) is 5.25 Å². The molecule has 3 heteroatoms. The summed E-state index contributed by atoms with van der Waals surface area (Å²) in [5.74, 6) is 1.06. The van der Waals surface area contributed by atoms with E-state index >= 15 is 0 Å². The van der Waals surface area contributed by atoms with E-state index in [-0.39, 0.29) is 5.25 Å². The summed E-state index contributed by atoms with van der Waals surface area (Å²) in [7, 11) is 0. The van der Waals surface area contributed by atoms with Crippen LogP contribution >= 0.6 is 36.6 Å². The second kappa shape index (κ2) is 4.65. The Hall–Kier alpha value is 0.790. The molecular formula is C5H10S3. The molecule has 8 heavy (non-hydrogen) atoms. The molecule has 0 aromatic carbocycles. The van der Waals surface area contributed by atoms with Crippen LogP contribution in [-0.4, -0.2) is 15.2 Å². The van der Waals surface area contributed by atoms with Gasteiger partial charge in [0.05, 0.1) is 4.20 Å². The smallest absolute Gasteiger partial charge is 0.0603 e. The number of hydrogen-bond donors (Lipinski definition) is 1. The Labute approximate surface area is 65.8 Å². The first-order valence-corrected chi connectivity index (χ1v) is 4.44. The molecule has 0 fully saturated rings. The van der Waals surface area contributed by atoms with Crippen LogP contribution in [0, 0.1) is 0 Å². The molecule has 1 atom stereocenters. The molecule has 0 saturated heterocycles. The van der Waals surface area contributed by atoms with E-state index in [1.807, 2.05) is 6.92 Å². The van der Waals surface area contributed by atoms with Crippen molar-refractivity contribution in [2.75, 3.05) is 5.75 Å². The first kappa shape index (κ1) is 8.79. The predicted molar refractivity (Wildman–Crippen MR) is 49.2 cm³/mol. The average Bonchev–Trinajstić information content (AvgIpc) is 1.67. The summed E-state index contributed by atoms with van der Waals surface area (Å²) in [5.41, 5.74) is 0. The maximum atomic E-state index is 4.96. The molecule has 0 radical (unpaired) electrons. The van der Waals surface area contributed by atoms with Gasteiger partial charge >= 0.3 is 0 Å². The van der Waals surface area contributed by atoms with Gasteiger partial charge in [-0.3, -0.25) is 0 Å². The highest BCUT2D eigenvalue weighted by atomic mass is 32.2. The van der Waals surface area contributed by atoms with Crippen LogP contribution in [0.25, 0.3) is 0 Å². The Balaban J connectivity index is 3.33. The highest BCUT2D eigenvalue weighted by Gasteiger charge is 2.00. The lowest BCUT2D eigenvalue weighted by atomic mass is 10.6. The fourth-order valence-corrected chi connectivity index (χ4v) is 1.37. The lowest BCUT2D eigenvalue weighted by Crippen LogP contribution is -2.01. The van der Waals surface area contributed by atoms with Gasteiger partial charge in [0.1, 0.15) is 0 Å². The van der Waals surface area contributed by atoms with E-state index < -0.39 is 0 Å². The average molecular weight is 166 g/mol. The summed E-state index contributed by atoms with van der Waals surface area (Å²) in [6.45, 7) is 4.08. The number of thiol groups is 1. The molecule has 0 aliphatic carbocycles. The zero-order valence-electron chi connectivity index (χ0n) is 5.05. The minimum absolute atomic E-state index is 0.259. The third-order valence-electron chi connectivity index (χ3n) is 0.628. The van der Waals surface area contributed by atoms with Gasteiger partial charge < -0.3 is 0 Å². The first-order valence-electron chi connectivity index (χ1n) is 2.53. The molecule has 0 N–H and O–H groups in total. The van der Waals surface area contributed by atoms with Crippen LogP contribution in [-0.2, 0) is 0 Å². The molecule has 0 aromatic rings. The molecule has 0 rings (SSSR count). The number of thioether (sulfide) groups is 1. The molecule has 0 aromatic heterocycles. The van der Waals surface area contributed by atoms with Crippen LogP contribution in [0.2, 0.25) is 0 Å². The standard InChI is InChI=1S/C5H10S3/c1-3-8-5(7)4(2)6/h4,6H,3H2,1-2H3. The third kappa shape index (κ3) is 3.75. The lowest BCUT2D eigenvalue weighted by Gasteiger charge is -2.01. The molecule has 0 saturated carbocycles. The maximum Gasteiger partial charge on any atom is 0.0603 e. The largest absolute Gasteiger partial charge is 0.170 e. The van der Waals surface area contributed by atoms with Crippen molar-refractivity contribution in [2.24, 2.45) is 0 Å². The molecule has 48 valence electrons. The molecule has 0 bridgehead atoms. The van der Waals surface area contributed by atoms with Crippen molar-refractivity contribution >= 4 is 40.8 Å². The van der Waals surface area contributed by atoms with E-state index in [4.69, 9.17) is 12.2 Å². The molecule has 0 aliphatic rings. The summed E-state index contributed by atoms with van der Waals surface area (Å²) >= 11 is 10.8. The Morgan fingerprint density at radius 3 is 2.50 bits per heavy atom. The van der Waals surface area contributed by atoms with Crippen LogP contribution in [0.3, 0.4) is 0 Å². The fourth-order valence-electron chi connectivity index (χ4n) is 0.263. The predicted octanol–water partition coefficient (Wildman–Crippen LogP) is 2.39. The first-order chi connectivity index (χ1) is 3.68. The van der Waals surface area contributed by atoms with E-state index in [1.54, 1.807) is 11.8 Å². The number of hydrogen-bond acceptors (Lipinski definition) is 3. The van der Waals surface area contributed by atoms with E-state index in [0.717, 1.165) is 9.95 Å². The Morgan fingerprint density at radius 1 is 1.88 bits per heavy atom. The van der Waals surface area contributed by atoms with Gasteiger partial charge in [0.2, 0.25) is 0 Å². The minimum Gasteiger partial charge on any atom is -0.170 e. The lowest BCUT2D eigenvalue weighted by molar-refractivity contribution is 1.38. The van der Waals surface area contributed by atoms with Crippen molar-refractivity contribution in [1.29, 1.82) is 0 Å². The van der Waals surface area contributed by atoms with Gasteiger partial charge in [-0.25, -0.2) is 0 Å². The summed E-state index contributed by atoms with van der Waals surface area (Å²) in [6, 6.07) is 0. The highest BCUT2D eigenvalue weighted by Crippen LogP contribution is 2.10. The van der Waals surface area contributed by atoms with Gasteiger partial charge in [-0.1, -0.05) is 19.1 Å². The second-order valence-electron chi connectivity index (χ2n) is 1.43. The van der Waals surface area contributed by atoms with Gasteiger partial charge in [-0.2, -0.15) is 12.6 Å². The van der Waals surface area contributed by atoms with Crippen molar-refractivity contribution in [3.63, 3.8) is 0 Å². The van der Waals surface area contributed by atoms with E-state index in [9.17, 15) is 0 Å². The maximum absolute atomic E-state index is 4.96. The molecule has 0 aliphatic heterocycles. The zero-order valence-corrected chi connectivity index (χ0v) is 7.58. The van der Waals surface area contributed by atoms with E-state index in [1.165, 1.54) is 0 Å². The monoisotopic (exact) mass is 166 g/mol. The van der Waals surface area contributed by atoms with Crippen molar-refractivity contribution in [3.05, 3.63) is 0 Å². The van der Waals surface area contributed by atoms with Gasteiger partial charge in [-0.05, 0) is 12.7 Å². The van der Waals surface area contributed by atoms with Crippen LogP contribution < -0.4 is 0 Å². The van der Waals surface area contributed by atoms with Gasteiger partial charge in [0.25, 0.3) is 0 Å². The fraction of sp³-hybridized carbons (Fsp3) is 0.800. The second-order valence-corrected chi connectivity index (χ2v) is 4.21. The SMILES string of the molecule is CCSC(=S)C(C)S. The van der Waals surface area contributed by atoms with Crippen molar-refractivity contribution in [1.82, 2.24) is 0 Å². The molecule has 1 unspecified atom stereocenters. The van der Waals surface area contributed by atoms with Crippen LogP contribution in [0.15, 0.2) is 0 Å². The number of thiocarbonyl (C=S) groups is 1. The van der Waals surface area contributed by atoms with Crippen LogP contribution in [0.4, 0.5) is 0 Å². The Bertz CT molecular complexity index is 77.7. The van der Waals surface area contributed by atoms with E-state index in [2.05, 4.69) is 19.6 Å². The Morgan fingerprint density at radius 2 is 2.38 bits per heavy atom. The topological polar surface area (TPSA) is 0 Å². The van der Waals surface area contributed by atoms with Crippen LogP contribution in [0.1, 0.15) is 13.8 Å². The highest BCUT2D eigenvalue weighted by molar-refractivity contribution is 8.24. The summed E-state index contributed by atoms with van der Waals surface area (Å²) in [4.78, 5) is 0. The normalized spacial score (nSPS) is 13.4. The van der Waals surface area contributed by atoms with Crippen molar-refractivity contribution in [3.8, 4) is 0 Å². The van der Waals surface area contributed by atoms with Crippen molar-refractivity contribution < 1.29 is 0 Å². The van der Waals surface area contributed by atoms with E-state index in [0.29, 0.717) is 0 Å².